The number of halogens is 3. The predicted octanol–water partition coefficient (Wildman–Crippen LogP) is 10.7. The fourth-order valence-corrected chi connectivity index (χ4v) is 6.58. The van der Waals surface area contributed by atoms with E-state index in [1.807, 2.05) is 48.5 Å². The first-order valence-electron chi connectivity index (χ1n) is 13.4. The van der Waals surface area contributed by atoms with Crippen molar-refractivity contribution in [3.05, 3.63) is 127 Å². The van der Waals surface area contributed by atoms with Gasteiger partial charge in [-0.15, -0.1) is 0 Å². The molecule has 0 atom stereocenters. The van der Waals surface area contributed by atoms with Crippen molar-refractivity contribution in [2.75, 3.05) is 7.11 Å². The highest BCUT2D eigenvalue weighted by Crippen LogP contribution is 2.47. The average Bonchev–Trinajstić information content (AvgIpc) is 3.01. The Kier molecular flexibility index (Phi) is 5.05. The number of rotatable bonds is 3. The molecule has 4 heteroatoms. The van der Waals surface area contributed by atoms with Crippen LogP contribution in [0.3, 0.4) is 0 Å². The van der Waals surface area contributed by atoms with E-state index in [-0.39, 0.29) is 0 Å². The zero-order valence-electron chi connectivity index (χ0n) is 21.9. The van der Waals surface area contributed by atoms with E-state index in [2.05, 4.69) is 48.5 Å². The van der Waals surface area contributed by atoms with Crippen LogP contribution in [-0.4, -0.2) is 7.11 Å². The third-order valence-electron chi connectivity index (χ3n) is 8.31. The summed E-state index contributed by atoms with van der Waals surface area (Å²) in [5.74, 6) is -3.02. The van der Waals surface area contributed by atoms with Gasteiger partial charge in [0.05, 0.1) is 7.11 Å². The van der Waals surface area contributed by atoms with Gasteiger partial charge in [0.1, 0.15) is 5.75 Å². The molecule has 8 aromatic carbocycles. The molecule has 0 amide bonds. The van der Waals surface area contributed by atoms with Crippen molar-refractivity contribution in [2.24, 2.45) is 0 Å². The standard InChI is InChI=1S/C37H21F3O/c1-41-37-29-8-4-2-6-24(29)35(25-7-3-5-9-30(25)37)28-17-13-21-11-15-26-23(22-18-31(38)36(40)32(39)19-22)14-10-20-12-16-27(28)34(21)33(20)26/h2-19H,1H3. The smallest absolute Gasteiger partial charge is 0.194 e. The Labute approximate surface area is 233 Å². The second kappa shape index (κ2) is 8.70. The summed E-state index contributed by atoms with van der Waals surface area (Å²) in [5.41, 5.74) is 3.16. The van der Waals surface area contributed by atoms with E-state index < -0.39 is 17.5 Å². The van der Waals surface area contributed by atoms with E-state index in [0.717, 1.165) is 82.9 Å². The lowest BCUT2D eigenvalue weighted by atomic mass is 9.85. The van der Waals surface area contributed by atoms with Crippen LogP contribution in [-0.2, 0) is 0 Å². The maximum Gasteiger partial charge on any atom is 0.194 e. The van der Waals surface area contributed by atoms with E-state index in [4.69, 9.17) is 4.74 Å². The SMILES string of the molecule is COc1c2ccccc2c(-c2ccc3ccc4c(-c5cc(F)c(F)c(F)c5)ccc5ccc2c3c54)c2ccccc12. The molecule has 0 aliphatic rings. The predicted molar refractivity (Wildman–Crippen MR) is 162 cm³/mol. The molecule has 0 spiro atoms. The van der Waals surface area contributed by atoms with E-state index >= 15 is 0 Å². The molecule has 196 valence electrons. The zero-order chi connectivity index (χ0) is 27.8. The van der Waals surface area contributed by atoms with Gasteiger partial charge in [-0.25, -0.2) is 13.2 Å². The van der Waals surface area contributed by atoms with Crippen molar-refractivity contribution in [3.63, 3.8) is 0 Å². The van der Waals surface area contributed by atoms with Crippen molar-refractivity contribution < 1.29 is 17.9 Å². The quantitative estimate of drug-likeness (QED) is 0.124. The minimum absolute atomic E-state index is 0.298. The van der Waals surface area contributed by atoms with Crippen LogP contribution >= 0.6 is 0 Å². The Morgan fingerprint density at radius 3 is 1.49 bits per heavy atom. The highest BCUT2D eigenvalue weighted by molar-refractivity contribution is 6.29. The fraction of sp³-hybridized carbons (Fsp3) is 0.0270. The van der Waals surface area contributed by atoms with Gasteiger partial charge in [-0.3, -0.25) is 0 Å². The average molecular weight is 539 g/mol. The van der Waals surface area contributed by atoms with E-state index in [9.17, 15) is 13.2 Å². The molecule has 0 heterocycles. The molecule has 0 aliphatic carbocycles. The van der Waals surface area contributed by atoms with Gasteiger partial charge in [0.25, 0.3) is 0 Å². The Bertz CT molecular complexity index is 2260. The van der Waals surface area contributed by atoms with Crippen LogP contribution in [0.1, 0.15) is 0 Å². The molecule has 1 nitrogen and oxygen atoms in total. The van der Waals surface area contributed by atoms with E-state index in [1.54, 1.807) is 7.11 Å². The van der Waals surface area contributed by atoms with Crippen molar-refractivity contribution >= 4 is 53.9 Å². The summed E-state index contributed by atoms with van der Waals surface area (Å²) in [5, 5.41) is 10.4. The van der Waals surface area contributed by atoms with E-state index in [1.165, 1.54) is 0 Å². The summed E-state index contributed by atoms with van der Waals surface area (Å²) in [6, 6.07) is 35.1. The first kappa shape index (κ1) is 23.8. The Hall–Kier alpha value is -5.09. The van der Waals surface area contributed by atoms with Crippen LogP contribution in [0.5, 0.6) is 5.75 Å². The number of benzene rings is 8. The van der Waals surface area contributed by atoms with Gasteiger partial charge in [-0.1, -0.05) is 97.1 Å². The van der Waals surface area contributed by atoms with Gasteiger partial charge in [0, 0.05) is 10.8 Å². The van der Waals surface area contributed by atoms with Gasteiger partial charge in [0.15, 0.2) is 17.5 Å². The molecular formula is C37H21F3O. The van der Waals surface area contributed by atoms with Crippen molar-refractivity contribution in [1.29, 1.82) is 0 Å². The normalized spacial score (nSPS) is 11.9. The van der Waals surface area contributed by atoms with E-state index in [0.29, 0.717) is 11.1 Å². The van der Waals surface area contributed by atoms with Gasteiger partial charge in [0.2, 0.25) is 0 Å². The third-order valence-corrected chi connectivity index (χ3v) is 8.31. The molecule has 0 radical (unpaired) electrons. The highest BCUT2D eigenvalue weighted by atomic mass is 19.2. The summed E-state index contributed by atoms with van der Waals surface area (Å²) in [4.78, 5) is 0. The van der Waals surface area contributed by atoms with Crippen LogP contribution in [0.25, 0.3) is 76.1 Å². The number of hydrogen-bond acceptors (Lipinski definition) is 1. The molecule has 0 aliphatic heterocycles. The topological polar surface area (TPSA) is 9.23 Å². The Morgan fingerprint density at radius 1 is 0.488 bits per heavy atom. The minimum atomic E-state index is -1.46. The minimum Gasteiger partial charge on any atom is -0.495 e. The van der Waals surface area contributed by atoms with Crippen LogP contribution in [0, 0.1) is 17.5 Å². The maximum absolute atomic E-state index is 14.2. The fourth-order valence-electron chi connectivity index (χ4n) is 6.58. The molecule has 0 fully saturated rings. The molecule has 8 rings (SSSR count). The van der Waals surface area contributed by atoms with Crippen LogP contribution in [0.15, 0.2) is 109 Å². The number of ether oxygens (including phenoxy) is 1. The van der Waals surface area contributed by atoms with Crippen molar-refractivity contribution in [2.45, 2.75) is 0 Å². The van der Waals surface area contributed by atoms with Crippen LogP contribution in [0.4, 0.5) is 13.2 Å². The molecule has 41 heavy (non-hydrogen) atoms. The summed E-state index contributed by atoms with van der Waals surface area (Å²) >= 11 is 0. The zero-order valence-corrected chi connectivity index (χ0v) is 21.9. The molecule has 0 saturated heterocycles. The summed E-state index contributed by atoms with van der Waals surface area (Å²) in [6.07, 6.45) is 0. The van der Waals surface area contributed by atoms with Crippen molar-refractivity contribution in [3.8, 4) is 28.0 Å². The number of fused-ring (bicyclic) bond motifs is 2. The van der Waals surface area contributed by atoms with Gasteiger partial charge < -0.3 is 4.74 Å². The molecule has 0 unspecified atom stereocenters. The lowest BCUT2D eigenvalue weighted by Gasteiger charge is -2.20. The molecule has 8 aromatic rings. The molecule has 0 saturated carbocycles. The van der Waals surface area contributed by atoms with Gasteiger partial charge in [-0.2, -0.15) is 0 Å². The highest BCUT2D eigenvalue weighted by Gasteiger charge is 2.20. The molecule has 0 bridgehead atoms. The Morgan fingerprint density at radius 2 is 0.951 bits per heavy atom. The first-order chi connectivity index (χ1) is 20.0. The number of methoxy groups -OCH3 is 1. The summed E-state index contributed by atoms with van der Waals surface area (Å²) in [7, 11) is 1.71. The summed E-state index contributed by atoms with van der Waals surface area (Å²) < 4.78 is 48.2. The van der Waals surface area contributed by atoms with Crippen LogP contribution < -0.4 is 4.74 Å². The van der Waals surface area contributed by atoms with Crippen molar-refractivity contribution in [1.82, 2.24) is 0 Å². The second-order valence-electron chi connectivity index (χ2n) is 10.4. The van der Waals surface area contributed by atoms with Gasteiger partial charge in [-0.05, 0) is 77.5 Å². The number of hydrogen-bond donors (Lipinski definition) is 0. The lowest BCUT2D eigenvalue weighted by Crippen LogP contribution is -1.94. The third kappa shape index (κ3) is 3.31. The largest absolute Gasteiger partial charge is 0.495 e. The Balaban J connectivity index is 1.51. The first-order valence-corrected chi connectivity index (χ1v) is 13.4. The molecule has 0 aromatic heterocycles. The molecular weight excluding hydrogens is 517 g/mol. The maximum atomic E-state index is 14.2. The molecule has 0 N–H and O–H groups in total. The lowest BCUT2D eigenvalue weighted by molar-refractivity contribution is 0.424. The summed E-state index contributed by atoms with van der Waals surface area (Å²) in [6.45, 7) is 0. The second-order valence-corrected chi connectivity index (χ2v) is 10.4. The monoisotopic (exact) mass is 538 g/mol. The van der Waals surface area contributed by atoms with Gasteiger partial charge >= 0.3 is 0 Å². The van der Waals surface area contributed by atoms with Crippen LogP contribution in [0.2, 0.25) is 0 Å².